The fourth-order valence-corrected chi connectivity index (χ4v) is 1.37. The zero-order valence-electron chi connectivity index (χ0n) is 10.3. The molecule has 1 aromatic carbocycles. The average Bonchev–Trinajstić information content (AvgIpc) is 2.35. The SMILES string of the molecule is COC(=O)C(=Cc1ccccc1)C(=O)C(C)C. The van der Waals surface area contributed by atoms with Crippen molar-refractivity contribution in [1.29, 1.82) is 0 Å². The third kappa shape index (κ3) is 3.55. The molecule has 3 heteroatoms. The van der Waals surface area contributed by atoms with E-state index in [4.69, 9.17) is 0 Å². The Morgan fingerprint density at radius 1 is 1.18 bits per heavy atom. The molecule has 0 aliphatic rings. The van der Waals surface area contributed by atoms with Gasteiger partial charge >= 0.3 is 5.97 Å². The molecule has 1 aromatic rings. The number of hydrogen-bond donors (Lipinski definition) is 0. The Kier molecular flexibility index (Phi) is 4.64. The number of ether oxygens (including phenoxy) is 1. The number of ketones is 1. The highest BCUT2D eigenvalue weighted by atomic mass is 16.5. The quantitative estimate of drug-likeness (QED) is 0.346. The first-order valence-corrected chi connectivity index (χ1v) is 5.45. The standard InChI is InChI=1S/C14H16O3/c1-10(2)13(15)12(14(16)17-3)9-11-7-5-4-6-8-11/h4-10H,1-3H3. The summed E-state index contributed by atoms with van der Waals surface area (Å²) in [6.07, 6.45) is 1.56. The second-order valence-corrected chi connectivity index (χ2v) is 3.98. The van der Waals surface area contributed by atoms with Gasteiger partial charge < -0.3 is 4.74 Å². The van der Waals surface area contributed by atoms with Crippen LogP contribution < -0.4 is 0 Å². The number of Topliss-reactive ketones (excluding diaryl/α,β-unsaturated/α-hetero) is 1. The van der Waals surface area contributed by atoms with Gasteiger partial charge in [0.05, 0.1) is 7.11 Å². The molecule has 0 aromatic heterocycles. The van der Waals surface area contributed by atoms with E-state index in [9.17, 15) is 9.59 Å². The molecule has 1 rings (SSSR count). The van der Waals surface area contributed by atoms with Crippen LogP contribution in [0.2, 0.25) is 0 Å². The van der Waals surface area contributed by atoms with Crippen LogP contribution >= 0.6 is 0 Å². The third-order valence-corrected chi connectivity index (χ3v) is 2.31. The molecular weight excluding hydrogens is 216 g/mol. The third-order valence-electron chi connectivity index (χ3n) is 2.31. The Morgan fingerprint density at radius 3 is 2.24 bits per heavy atom. The van der Waals surface area contributed by atoms with Crippen molar-refractivity contribution in [2.75, 3.05) is 7.11 Å². The molecule has 0 aliphatic heterocycles. The molecule has 0 saturated heterocycles. The van der Waals surface area contributed by atoms with Crippen LogP contribution in [0.25, 0.3) is 6.08 Å². The highest BCUT2D eigenvalue weighted by Gasteiger charge is 2.21. The van der Waals surface area contributed by atoms with Crippen molar-refractivity contribution in [3.8, 4) is 0 Å². The second kappa shape index (κ2) is 5.99. The van der Waals surface area contributed by atoms with Gasteiger partial charge in [-0.2, -0.15) is 0 Å². The van der Waals surface area contributed by atoms with Crippen molar-refractivity contribution < 1.29 is 14.3 Å². The van der Waals surface area contributed by atoms with E-state index in [1.807, 2.05) is 30.3 Å². The molecule has 0 amide bonds. The van der Waals surface area contributed by atoms with Gasteiger partial charge in [0.15, 0.2) is 5.78 Å². The lowest BCUT2D eigenvalue weighted by atomic mass is 9.99. The minimum absolute atomic E-state index is 0.0914. The number of carbonyl (C=O) groups is 2. The van der Waals surface area contributed by atoms with Gasteiger partial charge in [-0.1, -0.05) is 44.2 Å². The number of hydrogen-bond acceptors (Lipinski definition) is 3. The zero-order valence-corrected chi connectivity index (χ0v) is 10.3. The highest BCUT2D eigenvalue weighted by molar-refractivity contribution is 6.21. The lowest BCUT2D eigenvalue weighted by molar-refractivity contribution is -0.138. The Morgan fingerprint density at radius 2 is 1.76 bits per heavy atom. The van der Waals surface area contributed by atoms with Gasteiger partial charge in [-0.3, -0.25) is 4.79 Å². The molecule has 17 heavy (non-hydrogen) atoms. The summed E-state index contributed by atoms with van der Waals surface area (Å²) in [5.41, 5.74) is 0.899. The maximum atomic E-state index is 11.9. The molecule has 90 valence electrons. The van der Waals surface area contributed by atoms with E-state index in [2.05, 4.69) is 4.74 Å². The Labute approximate surface area is 101 Å². The van der Waals surface area contributed by atoms with Gasteiger partial charge in [0.1, 0.15) is 5.57 Å². The van der Waals surface area contributed by atoms with Crippen molar-refractivity contribution in [1.82, 2.24) is 0 Å². The smallest absolute Gasteiger partial charge is 0.341 e. The highest BCUT2D eigenvalue weighted by Crippen LogP contribution is 2.13. The summed E-state index contributed by atoms with van der Waals surface area (Å²) in [7, 11) is 1.27. The first kappa shape index (κ1) is 13.2. The van der Waals surface area contributed by atoms with Gasteiger partial charge in [-0.05, 0) is 11.6 Å². The topological polar surface area (TPSA) is 43.4 Å². The van der Waals surface area contributed by atoms with Gasteiger partial charge in [0.2, 0.25) is 0 Å². The first-order chi connectivity index (χ1) is 8.06. The minimum Gasteiger partial charge on any atom is -0.465 e. The van der Waals surface area contributed by atoms with Gasteiger partial charge in [-0.25, -0.2) is 4.79 Å². The van der Waals surface area contributed by atoms with Gasteiger partial charge in [0.25, 0.3) is 0 Å². The molecule has 3 nitrogen and oxygen atoms in total. The van der Waals surface area contributed by atoms with Crippen LogP contribution in [0.15, 0.2) is 35.9 Å². The minimum atomic E-state index is -0.590. The van der Waals surface area contributed by atoms with Crippen molar-refractivity contribution in [2.24, 2.45) is 5.92 Å². The average molecular weight is 232 g/mol. The molecule has 0 N–H and O–H groups in total. The summed E-state index contributed by atoms with van der Waals surface area (Å²) in [5, 5.41) is 0. The number of carbonyl (C=O) groups excluding carboxylic acids is 2. The summed E-state index contributed by atoms with van der Waals surface area (Å²) in [6, 6.07) is 9.23. The number of benzene rings is 1. The van der Waals surface area contributed by atoms with Crippen molar-refractivity contribution in [3.05, 3.63) is 41.5 Å². The van der Waals surface area contributed by atoms with E-state index >= 15 is 0 Å². The van der Waals surface area contributed by atoms with Crippen LogP contribution in [0.1, 0.15) is 19.4 Å². The zero-order chi connectivity index (χ0) is 12.8. The van der Waals surface area contributed by atoms with E-state index in [0.717, 1.165) is 5.56 Å². The summed E-state index contributed by atoms with van der Waals surface area (Å²) in [4.78, 5) is 23.4. The molecule has 0 fully saturated rings. The molecular formula is C14H16O3. The van der Waals surface area contributed by atoms with Crippen LogP contribution in [-0.4, -0.2) is 18.9 Å². The molecule has 0 atom stereocenters. The second-order valence-electron chi connectivity index (χ2n) is 3.98. The van der Waals surface area contributed by atoms with Crippen molar-refractivity contribution >= 4 is 17.8 Å². The fraction of sp³-hybridized carbons (Fsp3) is 0.286. The summed E-state index contributed by atoms with van der Waals surface area (Å²) >= 11 is 0. The van der Waals surface area contributed by atoms with Crippen LogP contribution in [0.5, 0.6) is 0 Å². The van der Waals surface area contributed by atoms with Crippen LogP contribution in [0.4, 0.5) is 0 Å². The molecule has 0 heterocycles. The molecule has 0 bridgehead atoms. The van der Waals surface area contributed by atoms with Crippen molar-refractivity contribution in [2.45, 2.75) is 13.8 Å². The number of esters is 1. The molecule has 0 saturated carbocycles. The summed E-state index contributed by atoms with van der Waals surface area (Å²) in [6.45, 7) is 3.51. The fourth-order valence-electron chi connectivity index (χ4n) is 1.37. The Hall–Kier alpha value is -1.90. The molecule has 0 unspecified atom stereocenters. The Bertz CT molecular complexity index is 430. The maximum Gasteiger partial charge on any atom is 0.341 e. The Balaban J connectivity index is 3.11. The van der Waals surface area contributed by atoms with E-state index < -0.39 is 5.97 Å². The molecule has 0 radical (unpaired) electrons. The van der Waals surface area contributed by atoms with E-state index in [0.29, 0.717) is 0 Å². The van der Waals surface area contributed by atoms with E-state index in [-0.39, 0.29) is 17.3 Å². The monoisotopic (exact) mass is 232 g/mol. The summed E-state index contributed by atoms with van der Waals surface area (Å²) < 4.78 is 4.63. The normalized spacial score (nSPS) is 11.4. The summed E-state index contributed by atoms with van der Waals surface area (Å²) in [5.74, 6) is -1.03. The van der Waals surface area contributed by atoms with E-state index in [1.54, 1.807) is 19.9 Å². The molecule has 0 spiro atoms. The maximum absolute atomic E-state index is 11.9. The van der Waals surface area contributed by atoms with Crippen molar-refractivity contribution in [3.63, 3.8) is 0 Å². The van der Waals surface area contributed by atoms with Crippen LogP contribution in [0.3, 0.4) is 0 Å². The van der Waals surface area contributed by atoms with E-state index in [1.165, 1.54) is 7.11 Å². The number of methoxy groups -OCH3 is 1. The predicted octanol–water partition coefficient (Wildman–Crippen LogP) is 2.47. The largest absolute Gasteiger partial charge is 0.465 e. The lowest BCUT2D eigenvalue weighted by Gasteiger charge is -2.07. The van der Waals surface area contributed by atoms with Crippen LogP contribution in [0, 0.1) is 5.92 Å². The van der Waals surface area contributed by atoms with Gasteiger partial charge in [-0.15, -0.1) is 0 Å². The predicted molar refractivity (Wildman–Crippen MR) is 66.3 cm³/mol. The number of rotatable bonds is 4. The van der Waals surface area contributed by atoms with Crippen LogP contribution in [-0.2, 0) is 14.3 Å². The molecule has 0 aliphatic carbocycles. The van der Waals surface area contributed by atoms with Gasteiger partial charge in [0, 0.05) is 5.92 Å². The lowest BCUT2D eigenvalue weighted by Crippen LogP contribution is -2.18. The first-order valence-electron chi connectivity index (χ1n) is 5.45.